The van der Waals surface area contributed by atoms with Crippen molar-refractivity contribution in [1.29, 1.82) is 0 Å². The first-order chi connectivity index (χ1) is 17.0. The smallest absolute Gasteiger partial charge is 0.368 e. The maximum absolute atomic E-state index is 11.1. The van der Waals surface area contributed by atoms with Gasteiger partial charge in [-0.15, -0.1) is 11.8 Å². The third-order valence-electron chi connectivity index (χ3n) is 5.25. The van der Waals surface area contributed by atoms with Crippen molar-refractivity contribution >= 4 is 63.3 Å². The van der Waals surface area contributed by atoms with Gasteiger partial charge in [0.15, 0.2) is 5.16 Å². The van der Waals surface area contributed by atoms with Gasteiger partial charge in [-0.25, -0.2) is 9.97 Å². The van der Waals surface area contributed by atoms with Gasteiger partial charge in [0.05, 0.1) is 27.4 Å². The van der Waals surface area contributed by atoms with Crippen LogP contribution in [0.1, 0.15) is 5.69 Å². The van der Waals surface area contributed by atoms with E-state index in [2.05, 4.69) is 29.9 Å². The van der Waals surface area contributed by atoms with Crippen molar-refractivity contribution in [2.45, 2.75) is 15.9 Å². The highest BCUT2D eigenvalue weighted by molar-refractivity contribution is 7.99. The third kappa shape index (κ3) is 5.04. The molecule has 0 saturated carbocycles. The predicted molar refractivity (Wildman–Crippen MR) is 139 cm³/mol. The lowest BCUT2D eigenvalue weighted by Gasteiger charge is -2.21. The number of nitrogens with zero attached hydrogens (tertiary/aromatic N) is 7. The van der Waals surface area contributed by atoms with E-state index in [1.807, 2.05) is 43.4 Å². The summed E-state index contributed by atoms with van der Waals surface area (Å²) in [5, 5.41) is 17.6. The number of imidazole rings is 2. The lowest BCUT2D eigenvalue weighted by Crippen LogP contribution is -2.21. The number of hydrogen-bond donors (Lipinski definition) is 1. The molecular formula is C22H19ClN8O2S2. The van der Waals surface area contributed by atoms with Crippen LogP contribution in [-0.4, -0.2) is 53.8 Å². The standard InChI is InChI=1S/C22H19ClN8O2S2/c1-29(10-11-34-19-7-6-18-25-12-20(31(32)33)30(18)28-19)17-8-9-24-16(21(17)23)13-35-22-26-14-4-2-3-5-15(14)27-22/h2-9,12H,10-11,13H2,1H3,(H,26,27). The predicted octanol–water partition coefficient (Wildman–Crippen LogP) is 5.08. The van der Waals surface area contributed by atoms with E-state index in [0.29, 0.717) is 33.7 Å². The molecule has 0 aliphatic carbocycles. The van der Waals surface area contributed by atoms with Gasteiger partial charge in [-0.2, -0.15) is 0 Å². The minimum atomic E-state index is -0.495. The summed E-state index contributed by atoms with van der Waals surface area (Å²) in [6, 6.07) is 13.3. The van der Waals surface area contributed by atoms with Crippen LogP contribution in [0, 0.1) is 10.1 Å². The van der Waals surface area contributed by atoms with E-state index in [1.165, 1.54) is 22.5 Å². The van der Waals surface area contributed by atoms with Crippen LogP contribution in [-0.2, 0) is 5.75 Å². The zero-order chi connectivity index (χ0) is 24.4. The summed E-state index contributed by atoms with van der Waals surface area (Å²) >= 11 is 9.76. The number of rotatable bonds is 9. The van der Waals surface area contributed by atoms with Gasteiger partial charge >= 0.3 is 5.82 Å². The van der Waals surface area contributed by atoms with E-state index in [0.717, 1.165) is 27.6 Å². The summed E-state index contributed by atoms with van der Waals surface area (Å²) < 4.78 is 1.25. The van der Waals surface area contributed by atoms with Crippen LogP contribution in [0.15, 0.2) is 65.0 Å². The number of anilines is 1. The van der Waals surface area contributed by atoms with Crippen LogP contribution >= 0.6 is 35.1 Å². The molecule has 0 aliphatic rings. The number of aromatic amines is 1. The molecule has 5 aromatic rings. The minimum Gasteiger partial charge on any atom is -0.372 e. The molecule has 0 saturated heterocycles. The highest BCUT2D eigenvalue weighted by Crippen LogP contribution is 2.32. The van der Waals surface area contributed by atoms with Crippen molar-refractivity contribution in [2.75, 3.05) is 24.2 Å². The quantitative estimate of drug-likeness (QED) is 0.159. The number of nitrogens with one attached hydrogen (secondary N) is 1. The molecule has 10 nitrogen and oxygen atoms in total. The van der Waals surface area contributed by atoms with Crippen LogP contribution in [0.2, 0.25) is 5.02 Å². The molecule has 0 radical (unpaired) electrons. The molecule has 0 spiro atoms. The highest BCUT2D eigenvalue weighted by atomic mass is 35.5. The number of H-pyrrole nitrogens is 1. The van der Waals surface area contributed by atoms with Crippen LogP contribution < -0.4 is 4.90 Å². The summed E-state index contributed by atoms with van der Waals surface area (Å²) in [5.74, 6) is 1.14. The average molecular weight is 527 g/mol. The zero-order valence-electron chi connectivity index (χ0n) is 18.5. The molecule has 0 fully saturated rings. The van der Waals surface area contributed by atoms with Gasteiger partial charge in [-0.1, -0.05) is 45.1 Å². The van der Waals surface area contributed by atoms with Gasteiger partial charge in [0.2, 0.25) is 5.65 Å². The molecule has 0 bridgehead atoms. The van der Waals surface area contributed by atoms with Gasteiger partial charge in [-0.3, -0.25) is 4.98 Å². The Kier molecular flexibility index (Phi) is 6.75. The SMILES string of the molecule is CN(CCSc1ccc2ncc([N+](=O)[O-])n2n1)c1ccnc(CSc2nc3ccccc3[nH]2)c1Cl. The molecule has 1 aromatic carbocycles. The summed E-state index contributed by atoms with van der Waals surface area (Å²) in [7, 11) is 1.97. The van der Waals surface area contributed by atoms with Gasteiger partial charge in [0.1, 0.15) is 11.2 Å². The number of aromatic nitrogens is 6. The van der Waals surface area contributed by atoms with Crippen LogP contribution in [0.3, 0.4) is 0 Å². The normalized spacial score (nSPS) is 11.4. The molecular weight excluding hydrogens is 508 g/mol. The average Bonchev–Trinajstić information content (AvgIpc) is 3.47. The number of thioether (sulfide) groups is 2. The van der Waals surface area contributed by atoms with E-state index in [-0.39, 0.29) is 5.82 Å². The lowest BCUT2D eigenvalue weighted by atomic mass is 10.3. The molecule has 4 heterocycles. The van der Waals surface area contributed by atoms with E-state index >= 15 is 0 Å². The Morgan fingerprint density at radius 2 is 2.03 bits per heavy atom. The molecule has 0 aliphatic heterocycles. The molecule has 178 valence electrons. The van der Waals surface area contributed by atoms with E-state index in [9.17, 15) is 10.1 Å². The van der Waals surface area contributed by atoms with Crippen molar-refractivity contribution in [1.82, 2.24) is 29.5 Å². The second-order valence-corrected chi connectivity index (χ2v) is 9.98. The maximum atomic E-state index is 11.1. The van der Waals surface area contributed by atoms with E-state index in [4.69, 9.17) is 11.6 Å². The first-order valence-electron chi connectivity index (χ1n) is 10.5. The van der Waals surface area contributed by atoms with Crippen molar-refractivity contribution in [2.24, 2.45) is 0 Å². The van der Waals surface area contributed by atoms with Crippen molar-refractivity contribution in [3.8, 4) is 0 Å². The van der Waals surface area contributed by atoms with Crippen LogP contribution in [0.5, 0.6) is 0 Å². The van der Waals surface area contributed by atoms with Gasteiger partial charge in [-0.05, 0) is 29.2 Å². The molecule has 13 heteroatoms. The Morgan fingerprint density at radius 1 is 1.17 bits per heavy atom. The zero-order valence-corrected chi connectivity index (χ0v) is 20.8. The van der Waals surface area contributed by atoms with Gasteiger partial charge in [0.25, 0.3) is 0 Å². The number of hydrogen-bond acceptors (Lipinski definition) is 9. The molecule has 35 heavy (non-hydrogen) atoms. The monoisotopic (exact) mass is 526 g/mol. The van der Waals surface area contributed by atoms with Crippen molar-refractivity contribution in [3.05, 3.63) is 75.7 Å². The molecule has 4 aromatic heterocycles. The number of fused-ring (bicyclic) bond motifs is 2. The Bertz CT molecular complexity index is 1490. The van der Waals surface area contributed by atoms with Crippen LogP contribution in [0.4, 0.5) is 11.5 Å². The van der Waals surface area contributed by atoms with E-state index < -0.39 is 4.92 Å². The number of halogens is 1. The topological polar surface area (TPSA) is 118 Å². The Morgan fingerprint density at radius 3 is 2.86 bits per heavy atom. The molecule has 0 amide bonds. The van der Waals surface area contributed by atoms with Crippen LogP contribution in [0.25, 0.3) is 16.7 Å². The number of benzene rings is 1. The second kappa shape index (κ2) is 10.1. The maximum Gasteiger partial charge on any atom is 0.368 e. The fraction of sp³-hybridized carbons (Fsp3) is 0.182. The summed E-state index contributed by atoms with van der Waals surface area (Å²) in [6.45, 7) is 0.691. The Labute approximate surface area is 213 Å². The van der Waals surface area contributed by atoms with Crippen molar-refractivity contribution in [3.63, 3.8) is 0 Å². The number of nitro groups is 1. The molecule has 1 N–H and O–H groups in total. The van der Waals surface area contributed by atoms with Crippen molar-refractivity contribution < 1.29 is 4.92 Å². The highest BCUT2D eigenvalue weighted by Gasteiger charge is 2.17. The fourth-order valence-corrected chi connectivity index (χ4v) is 5.58. The number of para-hydroxylation sites is 2. The molecule has 0 unspecified atom stereocenters. The summed E-state index contributed by atoms with van der Waals surface area (Å²) in [5.41, 5.74) is 4.03. The Balaban J connectivity index is 1.21. The lowest BCUT2D eigenvalue weighted by molar-refractivity contribution is -0.391. The summed E-state index contributed by atoms with van der Waals surface area (Å²) in [6.07, 6.45) is 2.97. The minimum absolute atomic E-state index is 0.156. The molecule has 5 rings (SSSR count). The first-order valence-corrected chi connectivity index (χ1v) is 12.9. The largest absolute Gasteiger partial charge is 0.372 e. The molecule has 0 atom stereocenters. The third-order valence-corrected chi connectivity index (χ3v) is 7.45. The summed E-state index contributed by atoms with van der Waals surface area (Å²) in [4.78, 5) is 29.1. The Hall–Kier alpha value is -3.35. The van der Waals surface area contributed by atoms with Gasteiger partial charge < -0.3 is 20.0 Å². The van der Waals surface area contributed by atoms with Gasteiger partial charge in [0, 0.05) is 37.4 Å². The van der Waals surface area contributed by atoms with E-state index in [1.54, 1.807) is 24.0 Å². The second-order valence-electron chi connectivity index (χ2n) is 7.52. The fourth-order valence-electron chi connectivity index (χ4n) is 3.46. The number of pyridine rings is 1. The first kappa shape index (κ1) is 23.4.